The Balaban J connectivity index is 0.00000578. The molecule has 7 aromatic carbocycles. The van der Waals surface area contributed by atoms with Gasteiger partial charge in [-0.3, -0.25) is 4.57 Å². The molecule has 0 spiro atoms. The second-order valence-electron chi connectivity index (χ2n) is 20.4. The Hall–Kier alpha value is -6.81. The minimum Gasteiger partial charge on any atom is -0.510 e. The van der Waals surface area contributed by atoms with Gasteiger partial charge in [-0.1, -0.05) is 176 Å². The Labute approximate surface area is 416 Å². The van der Waals surface area contributed by atoms with Gasteiger partial charge >= 0.3 is 0 Å². The maximum absolute atomic E-state index is 6.62. The summed E-state index contributed by atoms with van der Waals surface area (Å²) < 4.78 is 12.9. The number of imidazole rings is 1. The van der Waals surface area contributed by atoms with Gasteiger partial charge in [-0.2, -0.15) is 18.2 Å². The van der Waals surface area contributed by atoms with Gasteiger partial charge < -0.3 is 13.9 Å². The zero-order chi connectivity index (χ0) is 46.5. The van der Waals surface area contributed by atoms with Crippen LogP contribution in [0.5, 0.6) is 11.5 Å². The molecular formula is C62H56N4OPt-2. The molecule has 0 aliphatic heterocycles. The summed E-state index contributed by atoms with van der Waals surface area (Å²) in [6.07, 6.45) is 10.6. The predicted molar refractivity (Wildman–Crippen MR) is 274 cm³/mol. The Kier molecular flexibility index (Phi) is 12.5. The molecule has 0 amide bonds. The van der Waals surface area contributed by atoms with E-state index in [9.17, 15) is 0 Å². The molecule has 10 aromatic rings. The number of pyridine rings is 1. The van der Waals surface area contributed by atoms with Gasteiger partial charge in [0.15, 0.2) is 0 Å². The Morgan fingerprint density at radius 2 is 1.22 bits per heavy atom. The molecule has 342 valence electrons. The third kappa shape index (κ3) is 9.25. The molecule has 0 unspecified atom stereocenters. The Bertz CT molecular complexity index is 3370. The molecular weight excluding hydrogens is 1010 g/mol. The summed E-state index contributed by atoms with van der Waals surface area (Å²) >= 11 is 0. The molecule has 6 heteroatoms. The molecule has 3 heterocycles. The van der Waals surface area contributed by atoms with E-state index in [1.54, 1.807) is 0 Å². The molecule has 0 bridgehead atoms. The van der Waals surface area contributed by atoms with E-state index in [1.165, 1.54) is 27.8 Å². The van der Waals surface area contributed by atoms with Gasteiger partial charge in [0.05, 0.1) is 5.69 Å². The summed E-state index contributed by atoms with van der Waals surface area (Å²) in [5.74, 6) is 2.01. The number of fused-ring (bicyclic) bond motifs is 3. The number of hydrogen-bond acceptors (Lipinski definition) is 2. The van der Waals surface area contributed by atoms with Crippen molar-refractivity contribution in [3.05, 3.63) is 223 Å². The van der Waals surface area contributed by atoms with Crippen molar-refractivity contribution < 1.29 is 30.4 Å². The number of benzene rings is 7. The van der Waals surface area contributed by atoms with Gasteiger partial charge in [-0.25, -0.2) is 4.98 Å². The van der Waals surface area contributed by atoms with E-state index in [2.05, 4.69) is 229 Å². The van der Waals surface area contributed by atoms with Crippen molar-refractivity contribution in [2.24, 2.45) is 0 Å². The first kappa shape index (κ1) is 46.3. The molecule has 68 heavy (non-hydrogen) atoms. The summed E-state index contributed by atoms with van der Waals surface area (Å²) in [5.41, 5.74) is 13.5. The minimum absolute atomic E-state index is 0. The monoisotopic (exact) mass is 1070 g/mol. The van der Waals surface area contributed by atoms with Crippen LogP contribution in [0.2, 0.25) is 0 Å². The van der Waals surface area contributed by atoms with Crippen LogP contribution in [0, 0.1) is 18.5 Å². The summed E-state index contributed by atoms with van der Waals surface area (Å²) in [6.45, 7) is 18.3. The zero-order valence-electron chi connectivity index (χ0n) is 40.0. The summed E-state index contributed by atoms with van der Waals surface area (Å²) in [7, 11) is 0. The van der Waals surface area contributed by atoms with E-state index < -0.39 is 0 Å². The molecule has 0 fully saturated rings. The van der Waals surface area contributed by atoms with Crippen LogP contribution in [0.4, 0.5) is 0 Å². The fourth-order valence-corrected chi connectivity index (χ4v) is 9.23. The SMILES string of the molecule is CC(C)(C)c1cc(-c2cccc(-c3ccccc3)c2-[n+]2[c-]n(-c3[c-]c(Oc4[c-]c5c(cc4)c4ccccc4n5-c4cc(CC(C)(C)c5ccccc5)ccn4)ccc3)cc2)cc(C(C)(C)C)c1.[Pt]. The van der Waals surface area contributed by atoms with Crippen molar-refractivity contribution in [3.8, 4) is 50.9 Å². The standard InChI is InChI=1S/C62H56N4O.Pt/c1-60(2,3)47-36-45(37-48(38-47)61(4,5)6)53-27-18-26-52(44-19-11-9-12-20-44)59(53)65-34-33-64(42-65)49-23-17-24-50(39-49)67-51-29-30-55-54-25-15-16-28-56(54)66(57(55)40-51)58-35-43(31-32-63-58)41-62(7,8)46-21-13-10-14-22-46;/h9-38H,41H2,1-8H3;/q-2;. The van der Waals surface area contributed by atoms with Crippen LogP contribution in [-0.4, -0.2) is 14.1 Å². The van der Waals surface area contributed by atoms with Crippen molar-refractivity contribution in [3.63, 3.8) is 0 Å². The number of ether oxygens (including phenoxy) is 1. The summed E-state index contributed by atoms with van der Waals surface area (Å²) in [6, 6.07) is 65.1. The molecule has 0 atom stereocenters. The fourth-order valence-electron chi connectivity index (χ4n) is 9.23. The second kappa shape index (κ2) is 18.4. The van der Waals surface area contributed by atoms with Crippen LogP contribution in [-0.2, 0) is 43.7 Å². The number of aromatic nitrogens is 4. The largest absolute Gasteiger partial charge is 0.510 e. The molecule has 3 aromatic heterocycles. The zero-order valence-corrected chi connectivity index (χ0v) is 42.3. The average Bonchev–Trinajstić information content (AvgIpc) is 3.95. The Morgan fingerprint density at radius 1 is 0.574 bits per heavy atom. The van der Waals surface area contributed by atoms with E-state index in [0.717, 1.165) is 62.1 Å². The van der Waals surface area contributed by atoms with Crippen LogP contribution in [0.15, 0.2) is 182 Å². The normalized spacial score (nSPS) is 12.1. The average molecular weight is 1070 g/mol. The maximum Gasteiger partial charge on any atom is 0.267 e. The van der Waals surface area contributed by atoms with Crippen LogP contribution in [0.3, 0.4) is 0 Å². The minimum atomic E-state index is -0.0533. The van der Waals surface area contributed by atoms with Crippen LogP contribution in [0.1, 0.15) is 77.6 Å². The van der Waals surface area contributed by atoms with Crippen molar-refractivity contribution in [1.82, 2.24) is 14.1 Å². The summed E-state index contributed by atoms with van der Waals surface area (Å²) in [5, 5.41) is 2.22. The molecule has 10 rings (SSSR count). The van der Waals surface area contributed by atoms with E-state index in [0.29, 0.717) is 11.5 Å². The number of hydrogen-bond donors (Lipinski definition) is 0. The number of nitrogens with zero attached hydrogens (tertiary/aromatic N) is 4. The van der Waals surface area contributed by atoms with Gasteiger partial charge in [0.25, 0.3) is 6.33 Å². The van der Waals surface area contributed by atoms with E-state index in [-0.39, 0.29) is 37.3 Å². The van der Waals surface area contributed by atoms with Gasteiger partial charge in [-0.15, -0.1) is 29.7 Å². The number of para-hydroxylation sites is 2. The first-order valence-corrected chi connectivity index (χ1v) is 23.2. The van der Waals surface area contributed by atoms with Crippen LogP contribution < -0.4 is 9.30 Å². The molecule has 5 nitrogen and oxygen atoms in total. The van der Waals surface area contributed by atoms with Crippen molar-refractivity contribution in [2.75, 3.05) is 0 Å². The van der Waals surface area contributed by atoms with Gasteiger partial charge in [0.1, 0.15) is 5.82 Å². The molecule has 0 aliphatic rings. The second-order valence-corrected chi connectivity index (χ2v) is 20.4. The van der Waals surface area contributed by atoms with E-state index in [4.69, 9.17) is 9.72 Å². The molecule has 0 aliphatic carbocycles. The van der Waals surface area contributed by atoms with Crippen LogP contribution >= 0.6 is 0 Å². The smallest absolute Gasteiger partial charge is 0.267 e. The predicted octanol–water partition coefficient (Wildman–Crippen LogP) is 14.9. The van der Waals surface area contributed by atoms with Crippen LogP contribution in [0.25, 0.3) is 61.3 Å². The number of rotatable bonds is 10. The van der Waals surface area contributed by atoms with Gasteiger partial charge in [0.2, 0.25) is 0 Å². The van der Waals surface area contributed by atoms with Crippen molar-refractivity contribution in [2.45, 2.75) is 78.1 Å². The van der Waals surface area contributed by atoms with E-state index in [1.807, 2.05) is 41.2 Å². The van der Waals surface area contributed by atoms with Crippen molar-refractivity contribution >= 4 is 21.8 Å². The van der Waals surface area contributed by atoms with E-state index >= 15 is 0 Å². The summed E-state index contributed by atoms with van der Waals surface area (Å²) in [4.78, 5) is 4.93. The van der Waals surface area contributed by atoms with Gasteiger partial charge in [-0.05, 0) is 96.4 Å². The van der Waals surface area contributed by atoms with Crippen molar-refractivity contribution in [1.29, 1.82) is 0 Å². The Morgan fingerprint density at radius 3 is 1.94 bits per heavy atom. The molecule has 0 radical (unpaired) electrons. The van der Waals surface area contributed by atoms with Gasteiger partial charge in [0, 0.05) is 56.7 Å². The quantitative estimate of drug-likeness (QED) is 0.101. The first-order valence-electron chi connectivity index (χ1n) is 23.2. The molecule has 0 saturated heterocycles. The topological polar surface area (TPSA) is 35.9 Å². The first-order chi connectivity index (χ1) is 32.2. The molecule has 0 saturated carbocycles. The fraction of sp³-hybridized carbons (Fsp3) is 0.194. The molecule has 0 N–H and O–H groups in total. The third-order valence-corrected chi connectivity index (χ3v) is 12.9. The maximum atomic E-state index is 6.62. The third-order valence-electron chi connectivity index (χ3n) is 12.9.